The molecule has 77 valence electrons. The number of hydrogen-bond donors (Lipinski definition) is 3. The van der Waals surface area contributed by atoms with E-state index in [0.717, 1.165) is 0 Å². The summed E-state index contributed by atoms with van der Waals surface area (Å²) in [5, 5.41) is 10.1. The first kappa shape index (κ1) is 10.3. The van der Waals surface area contributed by atoms with Gasteiger partial charge in [0.15, 0.2) is 5.82 Å². The van der Waals surface area contributed by atoms with E-state index in [1.807, 2.05) is 0 Å². The van der Waals surface area contributed by atoms with Crippen LogP contribution in [-0.4, -0.2) is 23.2 Å². The van der Waals surface area contributed by atoms with E-state index in [9.17, 15) is 5.11 Å². The van der Waals surface area contributed by atoms with Gasteiger partial charge in [0, 0.05) is 6.42 Å². The van der Waals surface area contributed by atoms with Gasteiger partial charge in [-0.3, -0.25) is 0 Å². The van der Waals surface area contributed by atoms with Crippen molar-refractivity contribution in [3.8, 4) is 5.88 Å². The van der Waals surface area contributed by atoms with Crippen LogP contribution < -0.4 is 21.9 Å². The van der Waals surface area contributed by atoms with E-state index in [-0.39, 0.29) is 36.5 Å². The Kier molecular flexibility index (Phi) is 3.29. The lowest BCUT2D eigenvalue weighted by molar-refractivity contribution is 0.164. The number of anilines is 3. The van der Waals surface area contributed by atoms with Crippen LogP contribution in [0.25, 0.3) is 0 Å². The second kappa shape index (κ2) is 4.47. The fourth-order valence-electron chi connectivity index (χ4n) is 0.820. The number of nitrogens with two attached hydrogens (primary N) is 3. The van der Waals surface area contributed by atoms with E-state index in [1.54, 1.807) is 0 Å². The largest absolute Gasteiger partial charge is 0.476 e. The van der Waals surface area contributed by atoms with Gasteiger partial charge in [-0.15, -0.1) is 0 Å². The topological polar surface area (TPSA) is 133 Å². The molecule has 0 bridgehead atoms. The van der Waals surface area contributed by atoms with Crippen molar-refractivity contribution >= 4 is 17.5 Å². The molecule has 0 aliphatic carbocycles. The molecule has 0 saturated heterocycles. The summed E-state index contributed by atoms with van der Waals surface area (Å²) < 4.78 is 5.10. The van der Waals surface area contributed by atoms with E-state index in [0.29, 0.717) is 6.42 Å². The Balaban J connectivity index is 2.75. The minimum Gasteiger partial charge on any atom is -0.476 e. The maximum absolute atomic E-state index is 10.1. The van der Waals surface area contributed by atoms with Gasteiger partial charge in [0.2, 0.25) is 11.8 Å². The molecule has 0 fully saturated rings. The Morgan fingerprint density at radius 1 is 1.21 bits per heavy atom. The second-order valence-corrected chi connectivity index (χ2v) is 2.59. The molecule has 1 aromatic rings. The monoisotopic (exact) mass is 198 g/mol. The highest BCUT2D eigenvalue weighted by Crippen LogP contribution is 2.24. The molecule has 1 rings (SSSR count). The van der Waals surface area contributed by atoms with E-state index < -0.39 is 0 Å². The van der Waals surface area contributed by atoms with Crippen molar-refractivity contribution in [3.05, 3.63) is 0 Å². The SMILES string of the molecule is Nc1nc(N)c(N)c(OCCC[O])n1. The Labute approximate surface area is 80.9 Å². The Morgan fingerprint density at radius 2 is 1.93 bits per heavy atom. The van der Waals surface area contributed by atoms with Gasteiger partial charge in [-0.2, -0.15) is 9.97 Å². The summed E-state index contributed by atoms with van der Waals surface area (Å²) in [5.74, 6) is 0.201. The highest BCUT2D eigenvalue weighted by molar-refractivity contribution is 5.65. The van der Waals surface area contributed by atoms with Crippen molar-refractivity contribution < 1.29 is 9.84 Å². The first-order valence-corrected chi connectivity index (χ1v) is 4.04. The third-order valence-electron chi connectivity index (χ3n) is 1.48. The molecule has 0 aliphatic heterocycles. The highest BCUT2D eigenvalue weighted by Gasteiger charge is 2.08. The third kappa shape index (κ3) is 2.36. The van der Waals surface area contributed by atoms with Gasteiger partial charge in [-0.1, -0.05) is 0 Å². The molecule has 0 spiro atoms. The van der Waals surface area contributed by atoms with Crippen LogP contribution in [0, 0.1) is 0 Å². The summed E-state index contributed by atoms with van der Waals surface area (Å²) in [6, 6.07) is 0. The molecule has 0 aromatic carbocycles. The fraction of sp³-hybridized carbons (Fsp3) is 0.429. The zero-order chi connectivity index (χ0) is 10.6. The van der Waals surface area contributed by atoms with E-state index in [4.69, 9.17) is 21.9 Å². The summed E-state index contributed by atoms with van der Waals surface area (Å²) in [7, 11) is 0. The summed E-state index contributed by atoms with van der Waals surface area (Å²) in [5.41, 5.74) is 16.4. The highest BCUT2D eigenvalue weighted by atomic mass is 16.5. The molecule has 1 aromatic heterocycles. The van der Waals surface area contributed by atoms with Gasteiger partial charge in [-0.05, 0) is 0 Å². The fourth-order valence-corrected chi connectivity index (χ4v) is 0.820. The van der Waals surface area contributed by atoms with E-state index in [2.05, 4.69) is 9.97 Å². The van der Waals surface area contributed by atoms with Crippen LogP contribution in [0.5, 0.6) is 5.88 Å². The van der Waals surface area contributed by atoms with E-state index >= 15 is 0 Å². The van der Waals surface area contributed by atoms with Crippen molar-refractivity contribution in [1.29, 1.82) is 0 Å². The molecule has 7 heteroatoms. The number of rotatable bonds is 4. The normalized spacial score (nSPS) is 10.1. The maximum atomic E-state index is 10.1. The van der Waals surface area contributed by atoms with Crippen LogP contribution in [0.2, 0.25) is 0 Å². The Hall–Kier alpha value is -1.76. The molecule has 0 aliphatic rings. The Bertz CT molecular complexity index is 317. The minimum atomic E-state index is -0.212. The van der Waals surface area contributed by atoms with Gasteiger partial charge in [0.1, 0.15) is 5.69 Å². The van der Waals surface area contributed by atoms with Gasteiger partial charge < -0.3 is 21.9 Å². The average molecular weight is 198 g/mol. The molecule has 0 saturated carbocycles. The molecule has 1 heterocycles. The van der Waals surface area contributed by atoms with Crippen LogP contribution in [0.3, 0.4) is 0 Å². The van der Waals surface area contributed by atoms with Crippen molar-refractivity contribution in [2.75, 3.05) is 30.4 Å². The second-order valence-electron chi connectivity index (χ2n) is 2.59. The summed E-state index contributed by atoms with van der Waals surface area (Å²) in [6.07, 6.45) is 0.378. The number of nitrogen functional groups attached to an aromatic ring is 3. The lowest BCUT2D eigenvalue weighted by atomic mass is 10.4. The lowest BCUT2D eigenvalue weighted by Gasteiger charge is -2.08. The van der Waals surface area contributed by atoms with Crippen LogP contribution in [0.15, 0.2) is 0 Å². The molecule has 0 atom stereocenters. The predicted octanol–water partition coefficient (Wildman–Crippen LogP) is -0.577. The quantitative estimate of drug-likeness (QED) is 0.554. The molecule has 14 heavy (non-hydrogen) atoms. The number of aromatic nitrogens is 2. The van der Waals surface area contributed by atoms with Crippen molar-refractivity contribution in [2.24, 2.45) is 0 Å². The third-order valence-corrected chi connectivity index (χ3v) is 1.48. The predicted molar refractivity (Wildman–Crippen MR) is 50.9 cm³/mol. The Morgan fingerprint density at radius 3 is 2.57 bits per heavy atom. The minimum absolute atomic E-state index is 0.00572. The smallest absolute Gasteiger partial charge is 0.244 e. The van der Waals surface area contributed by atoms with Crippen LogP contribution in [0.4, 0.5) is 17.5 Å². The summed E-state index contributed by atoms with van der Waals surface area (Å²) in [4.78, 5) is 7.38. The van der Waals surface area contributed by atoms with Gasteiger partial charge in [0.05, 0.1) is 13.2 Å². The zero-order valence-electron chi connectivity index (χ0n) is 7.56. The number of nitrogens with zero attached hydrogens (tertiary/aromatic N) is 2. The first-order chi connectivity index (χ1) is 6.65. The summed E-state index contributed by atoms with van der Waals surface area (Å²) >= 11 is 0. The number of hydrogen-bond acceptors (Lipinski definition) is 6. The average Bonchev–Trinajstić information content (AvgIpc) is 2.13. The van der Waals surface area contributed by atoms with Crippen molar-refractivity contribution in [3.63, 3.8) is 0 Å². The van der Waals surface area contributed by atoms with Crippen molar-refractivity contribution in [2.45, 2.75) is 6.42 Å². The van der Waals surface area contributed by atoms with E-state index in [1.165, 1.54) is 0 Å². The molecule has 0 amide bonds. The maximum Gasteiger partial charge on any atom is 0.244 e. The van der Waals surface area contributed by atoms with Crippen molar-refractivity contribution in [1.82, 2.24) is 9.97 Å². The molecule has 7 nitrogen and oxygen atoms in total. The van der Waals surface area contributed by atoms with Gasteiger partial charge in [-0.25, -0.2) is 5.11 Å². The molecule has 1 radical (unpaired) electrons. The van der Waals surface area contributed by atoms with Crippen LogP contribution in [-0.2, 0) is 5.11 Å². The lowest BCUT2D eigenvalue weighted by Crippen LogP contribution is -2.09. The molecule has 6 N–H and O–H groups in total. The zero-order valence-corrected chi connectivity index (χ0v) is 7.56. The number of ether oxygens (including phenoxy) is 1. The summed E-state index contributed by atoms with van der Waals surface area (Å²) in [6.45, 7) is 0.0273. The van der Waals surface area contributed by atoms with Gasteiger partial charge in [0.25, 0.3) is 0 Å². The van der Waals surface area contributed by atoms with Gasteiger partial charge >= 0.3 is 0 Å². The molecular weight excluding hydrogens is 186 g/mol. The standard InChI is InChI=1S/C7H12N5O2/c8-4-5(9)11-7(10)12-6(4)14-3-1-2-13/h1-3,8H2,(H4,9,10,11,12). The molecular formula is C7H12N5O2. The van der Waals surface area contributed by atoms with Crippen LogP contribution in [0.1, 0.15) is 6.42 Å². The molecule has 0 unspecified atom stereocenters. The van der Waals surface area contributed by atoms with Crippen LogP contribution >= 0.6 is 0 Å². The first-order valence-electron chi connectivity index (χ1n) is 4.04.